The molecule has 19 heavy (non-hydrogen) atoms. The van der Waals surface area contributed by atoms with E-state index >= 15 is 0 Å². The average molecular weight is 272 g/mol. The fourth-order valence-electron chi connectivity index (χ4n) is 1.74. The summed E-state index contributed by atoms with van der Waals surface area (Å²) in [6.45, 7) is 5.44. The van der Waals surface area contributed by atoms with E-state index in [0.717, 1.165) is 0 Å². The minimum Gasteiger partial charge on any atom is -0.444 e. The maximum atomic E-state index is 12.0. The summed E-state index contributed by atoms with van der Waals surface area (Å²) in [6, 6.07) is -0.728. The lowest BCUT2D eigenvalue weighted by Gasteiger charge is -2.27. The molecule has 0 saturated carbocycles. The maximum Gasteiger partial charge on any atom is 0.411 e. The van der Waals surface area contributed by atoms with Crippen LogP contribution in [0.2, 0.25) is 0 Å². The number of hydrogen-bond acceptors (Lipinski definition) is 6. The molecular weight excluding hydrogens is 252 g/mol. The second-order valence-electron chi connectivity index (χ2n) is 5.18. The van der Waals surface area contributed by atoms with Crippen LogP contribution in [0.1, 0.15) is 27.2 Å². The first kappa shape index (κ1) is 15.2. The van der Waals surface area contributed by atoms with Crippen LogP contribution < -0.4 is 11.3 Å². The highest BCUT2D eigenvalue weighted by molar-refractivity contribution is 5.99. The number of likely N-dealkylation sites (tertiary alicyclic amines) is 1. The fraction of sp³-hybridized carbons (Fsp3) is 0.727. The van der Waals surface area contributed by atoms with E-state index in [1.807, 2.05) is 5.43 Å². The number of hydrogen-bond donors (Lipinski definition) is 2. The van der Waals surface area contributed by atoms with E-state index in [1.165, 1.54) is 12.0 Å². The molecule has 0 aliphatic carbocycles. The van der Waals surface area contributed by atoms with Gasteiger partial charge in [0.25, 0.3) is 5.91 Å². The molecule has 1 fully saturated rings. The molecule has 108 valence electrons. The molecular formula is C11H20N4O4. The van der Waals surface area contributed by atoms with E-state index in [0.29, 0.717) is 5.71 Å². The van der Waals surface area contributed by atoms with Crippen molar-refractivity contribution in [3.8, 4) is 0 Å². The Hall–Kier alpha value is -1.83. The zero-order chi connectivity index (χ0) is 14.6. The molecule has 8 heteroatoms. The highest BCUT2D eigenvalue weighted by atomic mass is 16.6. The molecule has 1 heterocycles. The Morgan fingerprint density at radius 1 is 1.47 bits per heavy atom. The summed E-state index contributed by atoms with van der Waals surface area (Å²) in [6.07, 6.45) is -0.307. The lowest BCUT2D eigenvalue weighted by molar-refractivity contribution is -0.125. The minimum atomic E-state index is -0.728. The molecule has 1 unspecified atom stereocenters. The van der Waals surface area contributed by atoms with Crippen LogP contribution in [0.5, 0.6) is 0 Å². The van der Waals surface area contributed by atoms with Gasteiger partial charge in [0, 0.05) is 6.42 Å². The molecule has 0 bridgehead atoms. The van der Waals surface area contributed by atoms with Crippen molar-refractivity contribution in [1.29, 1.82) is 0 Å². The second-order valence-corrected chi connectivity index (χ2v) is 5.18. The third-order valence-corrected chi connectivity index (χ3v) is 2.45. The van der Waals surface area contributed by atoms with Gasteiger partial charge >= 0.3 is 6.09 Å². The highest BCUT2D eigenvalue weighted by Crippen LogP contribution is 2.20. The van der Waals surface area contributed by atoms with E-state index in [2.05, 4.69) is 9.99 Å². The van der Waals surface area contributed by atoms with Gasteiger partial charge in [-0.25, -0.2) is 10.6 Å². The predicted molar refractivity (Wildman–Crippen MR) is 68.1 cm³/mol. The molecule has 8 nitrogen and oxygen atoms in total. The van der Waals surface area contributed by atoms with E-state index in [4.69, 9.17) is 10.6 Å². The first-order valence-electron chi connectivity index (χ1n) is 5.87. The van der Waals surface area contributed by atoms with E-state index in [9.17, 15) is 9.59 Å². The number of rotatable bonds is 2. The van der Waals surface area contributed by atoms with Gasteiger partial charge in [-0.05, 0) is 20.8 Å². The summed E-state index contributed by atoms with van der Waals surface area (Å²) in [7, 11) is 1.40. The molecule has 1 aliphatic heterocycles. The third kappa shape index (κ3) is 4.09. The molecule has 0 aromatic rings. The van der Waals surface area contributed by atoms with Crippen LogP contribution >= 0.6 is 0 Å². The SMILES string of the molecule is CON=C1CC(C(=O)NN)N(C(=O)OC(C)(C)C)C1. The summed E-state index contributed by atoms with van der Waals surface area (Å²) in [4.78, 5) is 29.6. The van der Waals surface area contributed by atoms with Crippen LogP contribution in [0, 0.1) is 0 Å². The van der Waals surface area contributed by atoms with E-state index in [1.54, 1.807) is 20.8 Å². The normalized spacial score (nSPS) is 21.4. The van der Waals surface area contributed by atoms with Crippen molar-refractivity contribution in [2.45, 2.75) is 38.8 Å². The number of carbonyl (C=O) groups is 2. The van der Waals surface area contributed by atoms with Crippen molar-refractivity contribution in [3.63, 3.8) is 0 Å². The minimum absolute atomic E-state index is 0.181. The molecule has 1 rings (SSSR count). The molecule has 0 radical (unpaired) electrons. The first-order chi connectivity index (χ1) is 8.78. The van der Waals surface area contributed by atoms with E-state index < -0.39 is 23.6 Å². The zero-order valence-corrected chi connectivity index (χ0v) is 11.6. The number of ether oxygens (including phenoxy) is 1. The topological polar surface area (TPSA) is 106 Å². The lowest BCUT2D eigenvalue weighted by atomic mass is 10.2. The lowest BCUT2D eigenvalue weighted by Crippen LogP contribution is -2.49. The summed E-state index contributed by atoms with van der Waals surface area (Å²) in [5, 5.41) is 3.77. The number of amides is 2. The molecule has 0 spiro atoms. The Balaban J connectivity index is 2.86. The number of oxime groups is 1. The Morgan fingerprint density at radius 3 is 2.58 bits per heavy atom. The third-order valence-electron chi connectivity index (χ3n) is 2.45. The van der Waals surface area contributed by atoms with Gasteiger partial charge in [-0.3, -0.25) is 15.1 Å². The number of nitrogens with one attached hydrogen (secondary N) is 1. The number of nitrogens with zero attached hydrogens (tertiary/aromatic N) is 2. The molecule has 1 aliphatic rings. The van der Waals surface area contributed by atoms with Gasteiger partial charge in [0.2, 0.25) is 0 Å². The van der Waals surface area contributed by atoms with Crippen molar-refractivity contribution in [3.05, 3.63) is 0 Å². The van der Waals surface area contributed by atoms with Crippen LogP contribution in [0.25, 0.3) is 0 Å². The van der Waals surface area contributed by atoms with Crippen LogP contribution in [-0.2, 0) is 14.4 Å². The molecule has 1 saturated heterocycles. The van der Waals surface area contributed by atoms with Crippen LogP contribution in [0.4, 0.5) is 4.79 Å². The quantitative estimate of drug-likeness (QED) is 0.417. The number of carbonyl (C=O) groups excluding carboxylic acids is 2. The Bertz CT molecular complexity index is 389. The van der Waals surface area contributed by atoms with Gasteiger partial charge in [0.1, 0.15) is 18.8 Å². The average Bonchev–Trinajstić information content (AvgIpc) is 2.70. The fourth-order valence-corrected chi connectivity index (χ4v) is 1.74. The van der Waals surface area contributed by atoms with Crippen LogP contribution in [-0.4, -0.2) is 47.9 Å². The Morgan fingerprint density at radius 2 is 2.11 bits per heavy atom. The van der Waals surface area contributed by atoms with Gasteiger partial charge in [-0.2, -0.15) is 0 Å². The summed E-state index contributed by atoms with van der Waals surface area (Å²) in [5.74, 6) is 4.65. The second kappa shape index (κ2) is 5.87. The van der Waals surface area contributed by atoms with Crippen molar-refractivity contribution in [2.75, 3.05) is 13.7 Å². The maximum absolute atomic E-state index is 12.0. The number of hydrazine groups is 1. The zero-order valence-electron chi connectivity index (χ0n) is 11.6. The monoisotopic (exact) mass is 272 g/mol. The summed E-state index contributed by atoms with van der Waals surface area (Å²) < 4.78 is 5.24. The molecule has 0 aromatic carbocycles. The van der Waals surface area contributed by atoms with Gasteiger partial charge in [0.05, 0.1) is 12.3 Å². The summed E-state index contributed by atoms with van der Waals surface area (Å²) >= 11 is 0. The highest BCUT2D eigenvalue weighted by Gasteiger charge is 2.39. The van der Waals surface area contributed by atoms with Crippen molar-refractivity contribution in [1.82, 2.24) is 10.3 Å². The Labute approximate surface area is 111 Å². The molecule has 0 aromatic heterocycles. The van der Waals surface area contributed by atoms with Gasteiger partial charge in [0.15, 0.2) is 0 Å². The predicted octanol–water partition coefficient (Wildman–Crippen LogP) is -0.0119. The van der Waals surface area contributed by atoms with Gasteiger partial charge < -0.3 is 9.57 Å². The smallest absolute Gasteiger partial charge is 0.411 e. The van der Waals surface area contributed by atoms with Crippen LogP contribution in [0.15, 0.2) is 5.16 Å². The van der Waals surface area contributed by atoms with Crippen molar-refractivity contribution >= 4 is 17.7 Å². The summed E-state index contributed by atoms with van der Waals surface area (Å²) in [5.41, 5.74) is 1.98. The first-order valence-corrected chi connectivity index (χ1v) is 5.87. The molecule has 2 amide bonds. The molecule has 3 N–H and O–H groups in total. The number of nitrogens with two attached hydrogens (primary N) is 1. The Kier molecular flexibility index (Phi) is 4.71. The standard InChI is InChI=1S/C11H20N4O4/c1-11(2,3)19-10(17)15-6-7(14-18-4)5-8(15)9(16)13-12/h8H,5-6,12H2,1-4H3,(H,13,16). The van der Waals surface area contributed by atoms with Crippen molar-refractivity contribution in [2.24, 2.45) is 11.0 Å². The van der Waals surface area contributed by atoms with Gasteiger partial charge in [-0.15, -0.1) is 0 Å². The van der Waals surface area contributed by atoms with E-state index in [-0.39, 0.29) is 13.0 Å². The van der Waals surface area contributed by atoms with Crippen LogP contribution in [0.3, 0.4) is 0 Å². The van der Waals surface area contributed by atoms with Gasteiger partial charge in [-0.1, -0.05) is 5.16 Å². The largest absolute Gasteiger partial charge is 0.444 e. The van der Waals surface area contributed by atoms with Crippen molar-refractivity contribution < 1.29 is 19.2 Å². The molecule has 1 atom stereocenters.